The molecule has 1 aliphatic rings. The van der Waals surface area contributed by atoms with E-state index in [9.17, 15) is 14.7 Å². The lowest BCUT2D eigenvalue weighted by molar-refractivity contribution is -0.123. The second kappa shape index (κ2) is 7.82. The largest absolute Gasteiger partial charge is 0.506 e. The Hall–Kier alpha value is -1.18. The van der Waals surface area contributed by atoms with Crippen LogP contribution in [0.3, 0.4) is 0 Å². The van der Waals surface area contributed by atoms with Crippen LogP contribution in [0.25, 0.3) is 6.08 Å². The lowest BCUT2D eigenvalue weighted by atomic mass is 10.1. The van der Waals surface area contributed by atoms with Crippen molar-refractivity contribution in [1.29, 1.82) is 0 Å². The van der Waals surface area contributed by atoms with Crippen LogP contribution >= 0.6 is 62.5 Å². The third kappa shape index (κ3) is 4.05. The molecule has 0 radical (unpaired) electrons. The molecule has 3 rings (SSSR count). The molecule has 0 aliphatic carbocycles. The molecule has 1 N–H and O–H groups in total. The molecule has 0 aromatic heterocycles. The van der Waals surface area contributed by atoms with E-state index in [0.29, 0.717) is 30.7 Å². The first kappa shape index (κ1) is 19.6. The Balaban J connectivity index is 1.89. The van der Waals surface area contributed by atoms with E-state index in [1.807, 2.05) is 0 Å². The highest BCUT2D eigenvalue weighted by atomic mass is 79.9. The summed E-state index contributed by atoms with van der Waals surface area (Å²) in [5, 5.41) is 10.9. The summed E-state index contributed by atoms with van der Waals surface area (Å²) < 4.78 is 0.392. The Bertz CT molecular complexity index is 965. The van der Waals surface area contributed by atoms with E-state index in [2.05, 4.69) is 15.9 Å². The summed E-state index contributed by atoms with van der Waals surface area (Å²) in [6.07, 6.45) is 1.43. The Labute approximate surface area is 176 Å². The van der Waals surface area contributed by atoms with Crippen LogP contribution in [0.2, 0.25) is 15.1 Å². The van der Waals surface area contributed by atoms with Gasteiger partial charge in [-0.15, -0.1) is 0 Å². The van der Waals surface area contributed by atoms with Gasteiger partial charge < -0.3 is 5.11 Å². The molecule has 2 aromatic rings. The molecule has 134 valence electrons. The average molecular weight is 494 g/mol. The van der Waals surface area contributed by atoms with Gasteiger partial charge in [-0.3, -0.25) is 14.5 Å². The number of halogens is 4. The van der Waals surface area contributed by atoms with Crippen LogP contribution in [-0.4, -0.2) is 21.2 Å². The maximum atomic E-state index is 12.6. The number of thioether (sulfide) groups is 1. The summed E-state index contributed by atoms with van der Waals surface area (Å²) in [5.41, 5.74) is 0.937. The van der Waals surface area contributed by atoms with Crippen LogP contribution in [0, 0.1) is 0 Å². The fraction of sp³-hybridized carbons (Fsp3) is 0.0588. The van der Waals surface area contributed by atoms with E-state index in [1.54, 1.807) is 18.2 Å². The fourth-order valence-electron chi connectivity index (χ4n) is 2.29. The molecule has 0 unspecified atom stereocenters. The number of carbonyl (C=O) groups is 2. The summed E-state index contributed by atoms with van der Waals surface area (Å²) in [6, 6.07) is 7.89. The van der Waals surface area contributed by atoms with E-state index >= 15 is 0 Å². The molecule has 0 saturated carbocycles. The number of hydrogen-bond donors (Lipinski definition) is 1. The van der Waals surface area contributed by atoms with Gasteiger partial charge in [-0.25, -0.2) is 0 Å². The van der Waals surface area contributed by atoms with Crippen LogP contribution in [-0.2, 0) is 11.3 Å². The lowest BCUT2D eigenvalue weighted by Gasteiger charge is -2.13. The highest BCUT2D eigenvalue weighted by molar-refractivity contribution is 9.10. The number of hydrogen-bond acceptors (Lipinski definition) is 4. The second-order valence-corrected chi connectivity index (χ2v) is 8.46. The van der Waals surface area contributed by atoms with Gasteiger partial charge in [0.25, 0.3) is 11.1 Å². The molecule has 1 aliphatic heterocycles. The monoisotopic (exact) mass is 491 g/mol. The molecule has 4 nitrogen and oxygen atoms in total. The minimum Gasteiger partial charge on any atom is -0.506 e. The van der Waals surface area contributed by atoms with E-state index in [1.165, 1.54) is 18.2 Å². The molecular weight excluding hydrogens is 485 g/mol. The maximum Gasteiger partial charge on any atom is 0.293 e. The molecule has 1 saturated heterocycles. The molecule has 9 heteroatoms. The van der Waals surface area contributed by atoms with Gasteiger partial charge in [0.1, 0.15) is 5.75 Å². The quantitative estimate of drug-likeness (QED) is 0.506. The number of rotatable bonds is 3. The predicted molar refractivity (Wildman–Crippen MR) is 109 cm³/mol. The van der Waals surface area contributed by atoms with E-state index in [-0.39, 0.29) is 17.2 Å². The highest BCUT2D eigenvalue weighted by Crippen LogP contribution is 2.38. The van der Waals surface area contributed by atoms with Gasteiger partial charge in [0.05, 0.1) is 15.9 Å². The standard InChI is InChI=1S/C17H9BrCl3NO3S/c18-12-5-11(20)3-9(15(12)23)4-14-16(24)22(17(25)26-14)7-8-1-2-10(19)6-13(8)21/h1-6,23H,7H2/b14-4-. The highest BCUT2D eigenvalue weighted by Gasteiger charge is 2.35. The summed E-state index contributed by atoms with van der Waals surface area (Å²) in [6.45, 7) is 0.0310. The summed E-state index contributed by atoms with van der Waals surface area (Å²) in [7, 11) is 0. The topological polar surface area (TPSA) is 57.6 Å². The van der Waals surface area contributed by atoms with Crippen LogP contribution < -0.4 is 0 Å². The van der Waals surface area contributed by atoms with E-state index in [0.717, 1.165) is 16.7 Å². The Morgan fingerprint density at radius 3 is 2.54 bits per heavy atom. The molecule has 0 atom stereocenters. The number of amides is 2. The molecular formula is C17H9BrCl3NO3S. The van der Waals surface area contributed by atoms with Crippen LogP contribution in [0.5, 0.6) is 5.75 Å². The molecule has 2 aromatic carbocycles. The van der Waals surface area contributed by atoms with Crippen molar-refractivity contribution in [3.05, 3.63) is 65.9 Å². The molecule has 1 fully saturated rings. The average Bonchev–Trinajstić information content (AvgIpc) is 2.82. The van der Waals surface area contributed by atoms with Gasteiger partial charge in [0.15, 0.2) is 0 Å². The van der Waals surface area contributed by atoms with Crippen molar-refractivity contribution < 1.29 is 14.7 Å². The maximum absolute atomic E-state index is 12.6. The van der Waals surface area contributed by atoms with Crippen LogP contribution in [0.1, 0.15) is 11.1 Å². The first-order valence-electron chi connectivity index (χ1n) is 7.13. The van der Waals surface area contributed by atoms with Gasteiger partial charge >= 0.3 is 0 Å². The Kier molecular flexibility index (Phi) is 5.89. The van der Waals surface area contributed by atoms with Crippen molar-refractivity contribution in [3.63, 3.8) is 0 Å². The number of imide groups is 1. The van der Waals surface area contributed by atoms with Gasteiger partial charge in [-0.1, -0.05) is 40.9 Å². The number of nitrogens with zero attached hydrogens (tertiary/aromatic N) is 1. The van der Waals surface area contributed by atoms with E-state index in [4.69, 9.17) is 34.8 Å². The zero-order chi connectivity index (χ0) is 19.0. The van der Waals surface area contributed by atoms with Crippen molar-refractivity contribution in [2.75, 3.05) is 0 Å². The number of carbonyl (C=O) groups excluding carboxylic acids is 2. The minimum atomic E-state index is -0.471. The number of phenolic OH excluding ortho intramolecular Hbond substituents is 1. The first-order valence-corrected chi connectivity index (χ1v) is 9.88. The zero-order valence-electron chi connectivity index (χ0n) is 12.8. The van der Waals surface area contributed by atoms with Crippen LogP contribution in [0.15, 0.2) is 39.7 Å². The summed E-state index contributed by atoms with van der Waals surface area (Å²) in [5.74, 6) is -0.538. The molecule has 26 heavy (non-hydrogen) atoms. The molecule has 0 bridgehead atoms. The lowest BCUT2D eigenvalue weighted by Crippen LogP contribution is -2.27. The number of aromatic hydroxyl groups is 1. The fourth-order valence-corrected chi connectivity index (χ4v) is 4.43. The third-order valence-electron chi connectivity index (χ3n) is 3.56. The Morgan fingerprint density at radius 1 is 1.12 bits per heavy atom. The zero-order valence-corrected chi connectivity index (χ0v) is 17.5. The summed E-state index contributed by atoms with van der Waals surface area (Å²) in [4.78, 5) is 26.1. The SMILES string of the molecule is O=C1S/C(=C\c2cc(Cl)cc(Br)c2O)C(=O)N1Cc1ccc(Cl)cc1Cl. The van der Waals surface area contributed by atoms with Crippen molar-refractivity contribution in [3.8, 4) is 5.75 Å². The number of phenols is 1. The minimum absolute atomic E-state index is 0.0310. The number of benzene rings is 2. The summed E-state index contributed by atoms with van der Waals surface area (Å²) >= 11 is 21.9. The normalized spacial score (nSPS) is 16.0. The molecule has 2 amide bonds. The predicted octanol–water partition coefficient (Wildman–Crippen LogP) is 6.35. The van der Waals surface area contributed by atoms with Crippen molar-refractivity contribution in [1.82, 2.24) is 4.90 Å². The molecule has 1 heterocycles. The Morgan fingerprint density at radius 2 is 1.85 bits per heavy atom. The van der Waals surface area contributed by atoms with Crippen molar-refractivity contribution >= 4 is 79.7 Å². The van der Waals surface area contributed by atoms with Gasteiger partial charge in [0.2, 0.25) is 0 Å². The van der Waals surface area contributed by atoms with Crippen LogP contribution in [0.4, 0.5) is 4.79 Å². The van der Waals surface area contributed by atoms with Gasteiger partial charge in [0, 0.05) is 20.6 Å². The van der Waals surface area contributed by atoms with Crippen molar-refractivity contribution in [2.45, 2.75) is 6.54 Å². The van der Waals surface area contributed by atoms with E-state index < -0.39 is 11.1 Å². The smallest absolute Gasteiger partial charge is 0.293 e. The third-order valence-corrected chi connectivity index (χ3v) is 5.88. The van der Waals surface area contributed by atoms with Gasteiger partial charge in [-0.05, 0) is 63.6 Å². The van der Waals surface area contributed by atoms with Crippen molar-refractivity contribution in [2.24, 2.45) is 0 Å². The second-order valence-electron chi connectivity index (χ2n) is 5.33. The van der Waals surface area contributed by atoms with Gasteiger partial charge in [-0.2, -0.15) is 0 Å². The molecule has 0 spiro atoms. The first-order chi connectivity index (χ1) is 12.3.